The summed E-state index contributed by atoms with van der Waals surface area (Å²) in [6.07, 6.45) is 8.91. The zero-order valence-corrected chi connectivity index (χ0v) is 20.2. The highest BCUT2D eigenvalue weighted by Crippen LogP contribution is 2.58. The SMILES string of the molecule is C[n+]1ccn2c1-c1cccc3c1C21c2c(cccc2-n2cc(-c4cccc(-c5ccccc5)c4)c[n+]21)O3. The van der Waals surface area contributed by atoms with Crippen LogP contribution >= 0.6 is 0 Å². The summed E-state index contributed by atoms with van der Waals surface area (Å²) in [5.41, 5.74) is 9.02. The van der Waals surface area contributed by atoms with E-state index in [1.807, 2.05) is 0 Å². The van der Waals surface area contributed by atoms with Gasteiger partial charge in [-0.3, -0.25) is 0 Å². The van der Waals surface area contributed by atoms with Crippen molar-refractivity contribution in [2.45, 2.75) is 5.66 Å². The van der Waals surface area contributed by atoms with E-state index in [4.69, 9.17) is 4.74 Å². The van der Waals surface area contributed by atoms with Crippen LogP contribution in [-0.2, 0) is 12.7 Å². The summed E-state index contributed by atoms with van der Waals surface area (Å²) < 4.78 is 15.8. The van der Waals surface area contributed by atoms with E-state index < -0.39 is 5.66 Å². The van der Waals surface area contributed by atoms with Crippen molar-refractivity contribution in [3.8, 4) is 50.8 Å². The lowest BCUT2D eigenvalue weighted by Crippen LogP contribution is -2.61. The molecule has 5 nitrogen and oxygen atoms in total. The number of hydrogen-bond donors (Lipinski definition) is 0. The Balaban J connectivity index is 1.35. The number of benzene rings is 4. The van der Waals surface area contributed by atoms with E-state index in [1.165, 1.54) is 44.8 Å². The summed E-state index contributed by atoms with van der Waals surface area (Å²) in [6, 6.07) is 32.2. The number of hydrogen-bond acceptors (Lipinski definition) is 1. The Morgan fingerprint density at radius 3 is 2.32 bits per heavy atom. The highest BCUT2D eigenvalue weighted by Gasteiger charge is 2.70. The molecule has 9 rings (SSSR count). The van der Waals surface area contributed by atoms with E-state index >= 15 is 0 Å². The first-order chi connectivity index (χ1) is 18.2. The number of aryl methyl sites for hydroxylation is 1. The normalized spacial score (nSPS) is 17.1. The van der Waals surface area contributed by atoms with Crippen LogP contribution in [0.5, 0.6) is 11.5 Å². The first kappa shape index (κ1) is 19.3. The highest BCUT2D eigenvalue weighted by molar-refractivity contribution is 5.78. The van der Waals surface area contributed by atoms with Crippen molar-refractivity contribution in [2.75, 3.05) is 0 Å². The molecule has 0 bridgehead atoms. The lowest BCUT2D eigenvalue weighted by Gasteiger charge is -2.25. The molecule has 0 saturated carbocycles. The molecule has 4 aromatic carbocycles. The largest absolute Gasteiger partial charge is 0.456 e. The lowest BCUT2D eigenvalue weighted by atomic mass is 9.87. The molecule has 1 atom stereocenters. The lowest BCUT2D eigenvalue weighted by molar-refractivity contribution is -0.805. The molecule has 5 heteroatoms. The molecule has 37 heavy (non-hydrogen) atoms. The molecule has 3 aliphatic rings. The quantitative estimate of drug-likeness (QED) is 0.305. The van der Waals surface area contributed by atoms with E-state index in [9.17, 15) is 0 Å². The van der Waals surface area contributed by atoms with Crippen molar-refractivity contribution in [1.82, 2.24) is 9.25 Å². The molecule has 174 valence electrons. The Bertz CT molecular complexity index is 1930. The summed E-state index contributed by atoms with van der Waals surface area (Å²) in [6.45, 7) is 0. The van der Waals surface area contributed by atoms with Gasteiger partial charge in [0.1, 0.15) is 40.7 Å². The second kappa shape index (κ2) is 6.45. The van der Waals surface area contributed by atoms with Gasteiger partial charge in [0, 0.05) is 0 Å². The summed E-state index contributed by atoms with van der Waals surface area (Å²) in [7, 11) is 2.12. The maximum absolute atomic E-state index is 6.53. The fourth-order valence-corrected chi connectivity index (χ4v) is 6.70. The van der Waals surface area contributed by atoms with Crippen LogP contribution in [0.2, 0.25) is 0 Å². The number of aromatic nitrogens is 4. The smallest absolute Gasteiger partial charge is 0.394 e. The van der Waals surface area contributed by atoms with Crippen LogP contribution in [0.3, 0.4) is 0 Å². The van der Waals surface area contributed by atoms with Crippen molar-refractivity contribution in [2.24, 2.45) is 7.05 Å². The van der Waals surface area contributed by atoms with Crippen LogP contribution in [0.1, 0.15) is 11.1 Å². The van der Waals surface area contributed by atoms with Gasteiger partial charge < -0.3 is 4.74 Å². The molecule has 2 aromatic heterocycles. The Kier molecular flexibility index (Phi) is 3.37. The maximum atomic E-state index is 6.53. The standard InChI is InChI=1S/C32H22N4O/c1-33-16-17-34-31(33)25-12-6-14-27-29(25)32(34)30-26(13-7-15-28(30)37-27)35-19-24(20-36(32)35)23-11-5-10-22(18-23)21-8-3-2-4-9-21/h2-20H,1H3/q+2. The van der Waals surface area contributed by atoms with Gasteiger partial charge in [0.05, 0.1) is 24.4 Å². The molecule has 0 N–H and O–H groups in total. The van der Waals surface area contributed by atoms with Crippen LogP contribution < -0.4 is 14.0 Å². The molecule has 0 saturated heterocycles. The van der Waals surface area contributed by atoms with E-state index in [2.05, 4.69) is 141 Å². The van der Waals surface area contributed by atoms with Crippen LogP contribution in [0.25, 0.3) is 39.3 Å². The van der Waals surface area contributed by atoms with Crippen LogP contribution in [0.4, 0.5) is 0 Å². The summed E-state index contributed by atoms with van der Waals surface area (Å²) in [4.78, 5) is 0. The van der Waals surface area contributed by atoms with E-state index in [1.54, 1.807) is 0 Å². The molecule has 0 aliphatic carbocycles. The van der Waals surface area contributed by atoms with Crippen molar-refractivity contribution in [3.05, 3.63) is 127 Å². The number of imidazole rings is 1. The van der Waals surface area contributed by atoms with Gasteiger partial charge in [-0.05, 0) is 47.0 Å². The van der Waals surface area contributed by atoms with Gasteiger partial charge in [-0.1, -0.05) is 65.3 Å². The van der Waals surface area contributed by atoms with Gasteiger partial charge in [0.2, 0.25) is 6.20 Å². The van der Waals surface area contributed by atoms with Crippen molar-refractivity contribution < 1.29 is 14.0 Å². The fraction of sp³-hybridized carbons (Fsp3) is 0.0625. The van der Waals surface area contributed by atoms with E-state index in [0.717, 1.165) is 17.2 Å². The van der Waals surface area contributed by atoms with Gasteiger partial charge in [-0.15, -0.1) is 4.68 Å². The first-order valence-electron chi connectivity index (χ1n) is 12.6. The molecule has 0 radical (unpaired) electrons. The molecule has 3 aliphatic heterocycles. The number of rotatable bonds is 2. The predicted molar refractivity (Wildman–Crippen MR) is 140 cm³/mol. The maximum Gasteiger partial charge on any atom is 0.394 e. The number of nitrogens with zero attached hydrogens (tertiary/aromatic N) is 4. The first-order valence-corrected chi connectivity index (χ1v) is 12.6. The molecule has 5 heterocycles. The predicted octanol–water partition coefficient (Wildman–Crippen LogP) is 5.42. The Morgan fingerprint density at radius 2 is 1.46 bits per heavy atom. The van der Waals surface area contributed by atoms with Gasteiger partial charge in [0.25, 0.3) is 5.82 Å². The average Bonchev–Trinajstić information content (AvgIpc) is 3.68. The second-order valence-corrected chi connectivity index (χ2v) is 10.1. The minimum Gasteiger partial charge on any atom is -0.456 e. The van der Waals surface area contributed by atoms with Crippen molar-refractivity contribution in [1.29, 1.82) is 0 Å². The third kappa shape index (κ3) is 2.17. The van der Waals surface area contributed by atoms with E-state index in [0.29, 0.717) is 0 Å². The molecule has 6 aromatic rings. The molecular weight excluding hydrogens is 456 g/mol. The van der Waals surface area contributed by atoms with Gasteiger partial charge >= 0.3 is 5.66 Å². The van der Waals surface area contributed by atoms with Gasteiger partial charge in [0.15, 0.2) is 0 Å². The average molecular weight is 479 g/mol. The van der Waals surface area contributed by atoms with E-state index in [-0.39, 0.29) is 0 Å². The minimum absolute atomic E-state index is 0.540. The highest BCUT2D eigenvalue weighted by atomic mass is 16.5. The van der Waals surface area contributed by atoms with Crippen LogP contribution in [-0.4, -0.2) is 9.25 Å². The molecule has 0 fully saturated rings. The Morgan fingerprint density at radius 1 is 0.730 bits per heavy atom. The van der Waals surface area contributed by atoms with Crippen LogP contribution in [0, 0.1) is 0 Å². The minimum atomic E-state index is -0.540. The molecule has 1 unspecified atom stereocenters. The van der Waals surface area contributed by atoms with Crippen LogP contribution in [0.15, 0.2) is 116 Å². The van der Waals surface area contributed by atoms with Gasteiger partial charge in [-0.25, -0.2) is 4.57 Å². The van der Waals surface area contributed by atoms with Gasteiger partial charge in [-0.2, -0.15) is 4.57 Å². The summed E-state index contributed by atoms with van der Waals surface area (Å²) in [5, 5.41) is 0. The zero-order valence-electron chi connectivity index (χ0n) is 20.2. The topological polar surface area (TPSA) is 26.8 Å². The monoisotopic (exact) mass is 478 g/mol. The fourth-order valence-electron chi connectivity index (χ4n) is 6.70. The third-order valence-corrected chi connectivity index (χ3v) is 8.18. The number of fused-ring (bicyclic) bond motifs is 4. The van der Waals surface area contributed by atoms with Crippen molar-refractivity contribution >= 4 is 0 Å². The Labute approximate surface area is 213 Å². The molecular formula is C32H22N4O+2. The molecule has 1 spiro atoms. The third-order valence-electron chi connectivity index (χ3n) is 8.18. The molecule has 0 amide bonds. The Hall–Kier alpha value is -4.90. The van der Waals surface area contributed by atoms with Crippen molar-refractivity contribution in [3.63, 3.8) is 0 Å². The summed E-state index contributed by atoms with van der Waals surface area (Å²) in [5.74, 6) is 3.01. The number of ether oxygens (including phenoxy) is 1. The zero-order chi connectivity index (χ0) is 24.3. The second-order valence-electron chi connectivity index (χ2n) is 10.1. The summed E-state index contributed by atoms with van der Waals surface area (Å²) >= 11 is 0.